The number of pyridine rings is 1. The molecule has 3 aliphatic heterocycles. The fourth-order valence-corrected chi connectivity index (χ4v) is 5.38. The van der Waals surface area contributed by atoms with Crippen molar-refractivity contribution in [1.29, 1.82) is 0 Å². The molecule has 0 saturated carbocycles. The zero-order valence-corrected chi connectivity index (χ0v) is 17.6. The Hall–Kier alpha value is -2.45. The zero-order valence-electron chi connectivity index (χ0n) is 17.6. The summed E-state index contributed by atoms with van der Waals surface area (Å²) in [4.78, 5) is 33.0. The molecule has 2 fully saturated rings. The van der Waals surface area contributed by atoms with Crippen LogP contribution in [-0.4, -0.2) is 81.7 Å². The van der Waals surface area contributed by atoms with Gasteiger partial charge >= 0.3 is 0 Å². The molecule has 2 bridgehead atoms. The van der Waals surface area contributed by atoms with Crippen LogP contribution in [0.25, 0.3) is 0 Å². The lowest BCUT2D eigenvalue weighted by molar-refractivity contribution is 0.0757. The molecule has 2 aromatic heterocycles. The quantitative estimate of drug-likeness (QED) is 0.816. The van der Waals surface area contributed by atoms with Gasteiger partial charge in [0.2, 0.25) is 0 Å². The molecule has 0 unspecified atom stereocenters. The Kier molecular flexibility index (Phi) is 5.20. The number of hydrogen-bond acceptors (Lipinski definition) is 5. The van der Waals surface area contributed by atoms with E-state index in [9.17, 15) is 9.59 Å². The van der Waals surface area contributed by atoms with Crippen LogP contribution in [0.1, 0.15) is 40.4 Å². The first-order valence-electron chi connectivity index (χ1n) is 11.0. The van der Waals surface area contributed by atoms with Gasteiger partial charge in [0.25, 0.3) is 11.5 Å². The van der Waals surface area contributed by atoms with Crippen LogP contribution in [0, 0.1) is 5.92 Å². The normalized spacial score (nSPS) is 25.0. The third kappa shape index (κ3) is 3.70. The Bertz CT molecular complexity index is 969. The minimum Gasteiger partial charge on any atom is -0.337 e. The van der Waals surface area contributed by atoms with E-state index in [0.29, 0.717) is 30.5 Å². The second-order valence-electron chi connectivity index (χ2n) is 9.14. The van der Waals surface area contributed by atoms with Gasteiger partial charge in [-0.15, -0.1) is 0 Å². The standard InChI is InChI=1S/C22H30N6O2/c1-25-5-2-6-27(8-7-25)21(29)19-3-4-20-18-9-16(14-28(20)22(19)30)12-26(15-18)13-17-10-23-24-11-17/h3-4,10-11,16,18H,2,5-9,12-15H2,1H3,(H,23,24)/t16-,18+/m0/s1. The predicted molar refractivity (Wildman–Crippen MR) is 113 cm³/mol. The van der Waals surface area contributed by atoms with Crippen molar-refractivity contribution in [2.45, 2.75) is 31.8 Å². The lowest BCUT2D eigenvalue weighted by Crippen LogP contribution is -2.48. The molecule has 3 aliphatic rings. The van der Waals surface area contributed by atoms with Gasteiger partial charge in [0, 0.05) is 69.2 Å². The highest BCUT2D eigenvalue weighted by Gasteiger charge is 2.35. The third-order valence-electron chi connectivity index (χ3n) is 6.88. The van der Waals surface area contributed by atoms with Crippen LogP contribution in [-0.2, 0) is 13.1 Å². The van der Waals surface area contributed by atoms with Gasteiger partial charge < -0.3 is 14.4 Å². The van der Waals surface area contributed by atoms with Gasteiger partial charge in [0.05, 0.1) is 6.20 Å². The number of aromatic amines is 1. The maximum atomic E-state index is 13.3. The van der Waals surface area contributed by atoms with Crippen LogP contribution in [0.4, 0.5) is 0 Å². The number of amides is 1. The minimum atomic E-state index is -0.108. The number of fused-ring (bicyclic) bond motifs is 4. The molecule has 1 amide bonds. The summed E-state index contributed by atoms with van der Waals surface area (Å²) < 4.78 is 1.89. The highest BCUT2D eigenvalue weighted by atomic mass is 16.2. The predicted octanol–water partition coefficient (Wildman–Crippen LogP) is 0.968. The molecule has 0 radical (unpaired) electrons. The van der Waals surface area contributed by atoms with Crippen LogP contribution in [0.3, 0.4) is 0 Å². The van der Waals surface area contributed by atoms with Crippen molar-refractivity contribution in [2.24, 2.45) is 5.92 Å². The lowest BCUT2D eigenvalue weighted by Gasteiger charge is -2.42. The topological polar surface area (TPSA) is 77.5 Å². The van der Waals surface area contributed by atoms with Crippen molar-refractivity contribution in [3.63, 3.8) is 0 Å². The number of aromatic nitrogens is 3. The summed E-state index contributed by atoms with van der Waals surface area (Å²) in [5.74, 6) is 0.675. The van der Waals surface area contributed by atoms with Crippen molar-refractivity contribution in [1.82, 2.24) is 29.5 Å². The maximum Gasteiger partial charge on any atom is 0.263 e. The Balaban J connectivity index is 1.37. The zero-order chi connectivity index (χ0) is 20.7. The van der Waals surface area contributed by atoms with E-state index in [-0.39, 0.29) is 11.5 Å². The number of piperidine rings is 1. The van der Waals surface area contributed by atoms with Gasteiger partial charge in [-0.05, 0) is 44.5 Å². The average molecular weight is 411 g/mol. The monoisotopic (exact) mass is 410 g/mol. The van der Waals surface area contributed by atoms with Gasteiger partial charge in [0.15, 0.2) is 0 Å². The average Bonchev–Trinajstić information content (AvgIpc) is 3.14. The third-order valence-corrected chi connectivity index (χ3v) is 6.88. The number of carbonyl (C=O) groups is 1. The molecule has 2 aromatic rings. The molecule has 0 aliphatic carbocycles. The van der Waals surface area contributed by atoms with Crippen molar-refractivity contribution >= 4 is 5.91 Å². The highest BCUT2D eigenvalue weighted by Crippen LogP contribution is 2.35. The van der Waals surface area contributed by atoms with E-state index in [1.807, 2.05) is 27.9 Å². The van der Waals surface area contributed by atoms with Crippen LogP contribution in [0.15, 0.2) is 29.3 Å². The molecule has 160 valence electrons. The molecule has 0 aromatic carbocycles. The molecule has 5 heterocycles. The van der Waals surface area contributed by atoms with Crippen molar-refractivity contribution in [2.75, 3.05) is 46.3 Å². The van der Waals surface area contributed by atoms with E-state index < -0.39 is 0 Å². The summed E-state index contributed by atoms with van der Waals surface area (Å²) >= 11 is 0. The van der Waals surface area contributed by atoms with Gasteiger partial charge in [-0.1, -0.05) is 0 Å². The molecule has 0 spiro atoms. The number of nitrogens with one attached hydrogen (secondary N) is 1. The SMILES string of the molecule is CN1CCCN(C(=O)c2ccc3n(c2=O)C[C@H]2C[C@@H]3CN(Cc3cn[nH]c3)C2)CC1. The second-order valence-corrected chi connectivity index (χ2v) is 9.14. The number of nitrogens with zero attached hydrogens (tertiary/aromatic N) is 5. The van der Waals surface area contributed by atoms with Gasteiger partial charge in [-0.2, -0.15) is 5.10 Å². The van der Waals surface area contributed by atoms with Gasteiger partial charge in [0.1, 0.15) is 5.56 Å². The van der Waals surface area contributed by atoms with E-state index >= 15 is 0 Å². The molecule has 5 rings (SSSR count). The number of hydrogen-bond donors (Lipinski definition) is 1. The first-order chi connectivity index (χ1) is 14.6. The van der Waals surface area contributed by atoms with Crippen LogP contribution >= 0.6 is 0 Å². The molecule has 8 nitrogen and oxygen atoms in total. The summed E-state index contributed by atoms with van der Waals surface area (Å²) in [5, 5.41) is 6.93. The molecular weight excluding hydrogens is 380 g/mol. The van der Waals surface area contributed by atoms with E-state index in [4.69, 9.17) is 0 Å². The maximum absolute atomic E-state index is 13.3. The van der Waals surface area contributed by atoms with Crippen molar-refractivity contribution < 1.29 is 4.79 Å². The smallest absolute Gasteiger partial charge is 0.263 e. The summed E-state index contributed by atoms with van der Waals surface area (Å²) in [7, 11) is 2.08. The highest BCUT2D eigenvalue weighted by molar-refractivity contribution is 5.94. The summed E-state index contributed by atoms with van der Waals surface area (Å²) in [6.45, 7) is 6.75. The number of likely N-dealkylation sites (N-methyl/N-ethyl adjacent to an activating group) is 1. The minimum absolute atomic E-state index is 0.104. The Labute approximate surface area is 176 Å². The van der Waals surface area contributed by atoms with E-state index in [0.717, 1.165) is 57.8 Å². The van der Waals surface area contributed by atoms with Crippen molar-refractivity contribution in [3.8, 4) is 0 Å². The number of rotatable bonds is 3. The van der Waals surface area contributed by atoms with Crippen LogP contribution < -0.4 is 5.56 Å². The molecular formula is C22H30N6O2. The molecule has 30 heavy (non-hydrogen) atoms. The lowest BCUT2D eigenvalue weighted by atomic mass is 9.83. The first-order valence-corrected chi connectivity index (χ1v) is 11.0. The summed E-state index contributed by atoms with van der Waals surface area (Å²) in [5.41, 5.74) is 2.50. The van der Waals surface area contributed by atoms with Crippen LogP contribution in [0.2, 0.25) is 0 Å². The van der Waals surface area contributed by atoms with Gasteiger partial charge in [-0.3, -0.25) is 19.6 Å². The summed E-state index contributed by atoms with van der Waals surface area (Å²) in [6, 6.07) is 3.81. The Morgan fingerprint density at radius 1 is 1.17 bits per heavy atom. The van der Waals surface area contributed by atoms with E-state index in [1.165, 1.54) is 5.56 Å². The second kappa shape index (κ2) is 8.00. The van der Waals surface area contributed by atoms with Gasteiger partial charge in [-0.25, -0.2) is 0 Å². The summed E-state index contributed by atoms with van der Waals surface area (Å²) in [6.07, 6.45) is 5.89. The van der Waals surface area contributed by atoms with E-state index in [2.05, 4.69) is 27.0 Å². The molecule has 2 atom stereocenters. The molecule has 8 heteroatoms. The number of likely N-dealkylation sites (tertiary alicyclic amines) is 1. The number of carbonyl (C=O) groups excluding carboxylic acids is 1. The first kappa shape index (κ1) is 19.5. The largest absolute Gasteiger partial charge is 0.337 e. The molecule has 2 saturated heterocycles. The van der Waals surface area contributed by atoms with Crippen molar-refractivity contribution in [3.05, 3.63) is 51.7 Å². The Morgan fingerprint density at radius 2 is 2.07 bits per heavy atom. The fourth-order valence-electron chi connectivity index (χ4n) is 5.38. The fraction of sp³-hybridized carbons (Fsp3) is 0.591. The van der Waals surface area contributed by atoms with E-state index in [1.54, 1.807) is 6.07 Å². The number of H-pyrrole nitrogens is 1. The molecule has 1 N–H and O–H groups in total. The Morgan fingerprint density at radius 3 is 2.90 bits per heavy atom. The van der Waals surface area contributed by atoms with Crippen LogP contribution in [0.5, 0.6) is 0 Å².